The summed E-state index contributed by atoms with van der Waals surface area (Å²) in [4.78, 5) is 23.2. The molecule has 4 nitrogen and oxygen atoms in total. The first-order valence-electron chi connectivity index (χ1n) is 6.98. The summed E-state index contributed by atoms with van der Waals surface area (Å²) in [5.41, 5.74) is -0.388. The van der Waals surface area contributed by atoms with Crippen LogP contribution in [0.1, 0.15) is 52.4 Å². The topological polar surface area (TPSA) is 66.4 Å². The maximum atomic E-state index is 12.1. The van der Waals surface area contributed by atoms with Crippen molar-refractivity contribution < 1.29 is 14.7 Å². The van der Waals surface area contributed by atoms with Crippen LogP contribution in [-0.4, -0.2) is 23.0 Å². The van der Waals surface area contributed by atoms with Crippen LogP contribution in [0.2, 0.25) is 0 Å². The van der Waals surface area contributed by atoms with Gasteiger partial charge in [-0.25, -0.2) is 0 Å². The Morgan fingerprint density at radius 3 is 2.06 bits per heavy atom. The second-order valence-corrected chi connectivity index (χ2v) is 6.31. The van der Waals surface area contributed by atoms with Gasteiger partial charge in [0.25, 0.3) is 0 Å². The molecular weight excluding hydrogens is 230 g/mol. The molecule has 2 N–H and O–H groups in total. The number of hydrogen-bond acceptors (Lipinski definition) is 2. The fourth-order valence-corrected chi connectivity index (χ4v) is 3.30. The van der Waals surface area contributed by atoms with Gasteiger partial charge in [0.15, 0.2) is 0 Å². The number of carboxylic acids is 1. The minimum atomic E-state index is -0.846. The number of carbonyl (C=O) groups is 2. The molecule has 0 aromatic heterocycles. The van der Waals surface area contributed by atoms with E-state index in [-0.39, 0.29) is 23.3 Å². The second kappa shape index (κ2) is 4.90. The van der Waals surface area contributed by atoms with E-state index in [1.807, 2.05) is 13.8 Å². The molecule has 0 radical (unpaired) electrons. The molecule has 4 heteroatoms. The van der Waals surface area contributed by atoms with Crippen LogP contribution in [0.3, 0.4) is 0 Å². The van der Waals surface area contributed by atoms with Crippen LogP contribution in [0.25, 0.3) is 0 Å². The van der Waals surface area contributed by atoms with E-state index < -0.39 is 11.9 Å². The predicted octanol–water partition coefficient (Wildman–Crippen LogP) is 2.18. The van der Waals surface area contributed by atoms with Crippen LogP contribution < -0.4 is 5.32 Å². The number of carbonyl (C=O) groups excluding carboxylic acids is 1. The zero-order chi connectivity index (χ0) is 13.3. The average molecular weight is 253 g/mol. The van der Waals surface area contributed by atoms with E-state index in [0.717, 1.165) is 12.8 Å². The van der Waals surface area contributed by atoms with Crippen molar-refractivity contribution in [2.45, 2.75) is 58.4 Å². The summed E-state index contributed by atoms with van der Waals surface area (Å²) >= 11 is 0. The Morgan fingerprint density at radius 2 is 1.61 bits per heavy atom. The molecule has 2 aliphatic rings. The van der Waals surface area contributed by atoms with Crippen LogP contribution in [0, 0.1) is 17.3 Å². The number of aliphatic carboxylic acids is 1. The van der Waals surface area contributed by atoms with Crippen molar-refractivity contribution in [2.75, 3.05) is 0 Å². The van der Waals surface area contributed by atoms with Gasteiger partial charge in [-0.05, 0) is 18.3 Å². The monoisotopic (exact) mass is 253 g/mol. The lowest BCUT2D eigenvalue weighted by atomic mass is 10.1. The van der Waals surface area contributed by atoms with Gasteiger partial charge in [-0.3, -0.25) is 9.59 Å². The van der Waals surface area contributed by atoms with Crippen molar-refractivity contribution >= 4 is 11.9 Å². The zero-order valence-electron chi connectivity index (χ0n) is 11.2. The first-order valence-corrected chi connectivity index (χ1v) is 6.98. The van der Waals surface area contributed by atoms with Crippen molar-refractivity contribution in [1.29, 1.82) is 0 Å². The average Bonchev–Trinajstić information content (AvgIpc) is 2.92. The van der Waals surface area contributed by atoms with Gasteiger partial charge in [0, 0.05) is 6.04 Å². The standard InChI is InChI=1S/C14H23NO3/c1-14(2)10(11(14)13(17)18)12(16)15-9-7-5-3-4-6-8-9/h9-11H,3-8H2,1-2H3,(H,15,16)(H,17,18)/t10-,11+/m1/s1. The van der Waals surface area contributed by atoms with E-state index >= 15 is 0 Å². The van der Waals surface area contributed by atoms with Crippen LogP contribution >= 0.6 is 0 Å². The molecule has 2 fully saturated rings. The summed E-state index contributed by atoms with van der Waals surface area (Å²) in [5, 5.41) is 12.1. The molecule has 0 saturated heterocycles. The predicted molar refractivity (Wildman–Crippen MR) is 68.0 cm³/mol. The number of amides is 1. The highest BCUT2D eigenvalue weighted by Gasteiger charge is 2.65. The van der Waals surface area contributed by atoms with Gasteiger partial charge in [0.05, 0.1) is 11.8 Å². The van der Waals surface area contributed by atoms with Gasteiger partial charge in [0.2, 0.25) is 5.91 Å². The molecule has 1 amide bonds. The smallest absolute Gasteiger partial charge is 0.307 e. The van der Waals surface area contributed by atoms with Crippen LogP contribution in [0.5, 0.6) is 0 Å². The Morgan fingerprint density at radius 1 is 1.06 bits per heavy atom. The molecule has 0 heterocycles. The largest absolute Gasteiger partial charge is 0.481 e. The summed E-state index contributed by atoms with van der Waals surface area (Å²) in [6, 6.07) is 0.255. The molecule has 2 atom stereocenters. The molecule has 2 saturated carbocycles. The highest BCUT2D eigenvalue weighted by atomic mass is 16.4. The maximum Gasteiger partial charge on any atom is 0.307 e. The molecule has 0 unspecified atom stereocenters. The van der Waals surface area contributed by atoms with E-state index in [9.17, 15) is 9.59 Å². The molecule has 102 valence electrons. The van der Waals surface area contributed by atoms with E-state index in [2.05, 4.69) is 5.32 Å². The summed E-state index contributed by atoms with van der Waals surface area (Å²) in [6.45, 7) is 3.73. The number of rotatable bonds is 3. The van der Waals surface area contributed by atoms with Gasteiger partial charge in [-0.15, -0.1) is 0 Å². The van der Waals surface area contributed by atoms with Gasteiger partial charge >= 0.3 is 5.97 Å². The van der Waals surface area contributed by atoms with Crippen molar-refractivity contribution in [3.63, 3.8) is 0 Å². The van der Waals surface area contributed by atoms with E-state index in [0.29, 0.717) is 0 Å². The summed E-state index contributed by atoms with van der Waals surface area (Å²) in [5.74, 6) is -1.76. The SMILES string of the molecule is CC1(C)[C@H](C(=O)O)[C@@H]1C(=O)NC1CCCCCC1. The Balaban J connectivity index is 1.90. The minimum absolute atomic E-state index is 0.0562. The third-order valence-corrected chi connectivity index (χ3v) is 4.58. The van der Waals surface area contributed by atoms with Crippen LogP contribution in [0.15, 0.2) is 0 Å². The maximum absolute atomic E-state index is 12.1. The van der Waals surface area contributed by atoms with Gasteiger partial charge in [-0.2, -0.15) is 0 Å². The normalized spacial score (nSPS) is 31.4. The van der Waals surface area contributed by atoms with Crippen molar-refractivity contribution in [3.8, 4) is 0 Å². The number of nitrogens with one attached hydrogen (secondary N) is 1. The highest BCUT2D eigenvalue weighted by molar-refractivity contribution is 5.91. The number of hydrogen-bond donors (Lipinski definition) is 2. The van der Waals surface area contributed by atoms with Crippen molar-refractivity contribution in [3.05, 3.63) is 0 Å². The van der Waals surface area contributed by atoms with Gasteiger partial charge in [0.1, 0.15) is 0 Å². The molecule has 2 rings (SSSR count). The van der Waals surface area contributed by atoms with Crippen molar-refractivity contribution in [2.24, 2.45) is 17.3 Å². The third-order valence-electron chi connectivity index (χ3n) is 4.58. The number of carboxylic acid groups (broad SMARTS) is 1. The molecule has 0 aliphatic heterocycles. The Labute approximate surface area is 108 Å². The third kappa shape index (κ3) is 2.52. The quantitative estimate of drug-likeness (QED) is 0.758. The summed E-state index contributed by atoms with van der Waals surface area (Å²) in [6.07, 6.45) is 6.91. The summed E-state index contributed by atoms with van der Waals surface area (Å²) < 4.78 is 0. The zero-order valence-corrected chi connectivity index (χ0v) is 11.2. The second-order valence-electron chi connectivity index (χ2n) is 6.31. The van der Waals surface area contributed by atoms with Gasteiger partial charge in [-0.1, -0.05) is 39.5 Å². The molecular formula is C14H23NO3. The molecule has 0 bridgehead atoms. The van der Waals surface area contributed by atoms with E-state index in [1.54, 1.807) is 0 Å². The lowest BCUT2D eigenvalue weighted by Crippen LogP contribution is -2.36. The minimum Gasteiger partial charge on any atom is -0.481 e. The highest BCUT2D eigenvalue weighted by Crippen LogP contribution is 2.58. The lowest BCUT2D eigenvalue weighted by molar-refractivity contribution is -0.140. The Kier molecular flexibility index (Phi) is 3.64. The van der Waals surface area contributed by atoms with E-state index in [4.69, 9.17) is 5.11 Å². The van der Waals surface area contributed by atoms with Gasteiger partial charge < -0.3 is 10.4 Å². The molecule has 0 aromatic rings. The first-order chi connectivity index (χ1) is 8.44. The molecule has 18 heavy (non-hydrogen) atoms. The lowest BCUT2D eigenvalue weighted by Gasteiger charge is -2.16. The van der Waals surface area contributed by atoms with Crippen molar-refractivity contribution in [1.82, 2.24) is 5.32 Å². The van der Waals surface area contributed by atoms with Crippen LogP contribution in [0.4, 0.5) is 0 Å². The van der Waals surface area contributed by atoms with Crippen LogP contribution in [-0.2, 0) is 9.59 Å². The van der Waals surface area contributed by atoms with E-state index in [1.165, 1.54) is 25.7 Å². The Bertz CT molecular complexity index is 343. The fourth-order valence-electron chi connectivity index (χ4n) is 3.30. The molecule has 2 aliphatic carbocycles. The summed E-state index contributed by atoms with van der Waals surface area (Å²) in [7, 11) is 0. The molecule has 0 aromatic carbocycles. The first kappa shape index (κ1) is 13.4. The Hall–Kier alpha value is -1.06. The fraction of sp³-hybridized carbons (Fsp3) is 0.857. The molecule has 0 spiro atoms.